The summed E-state index contributed by atoms with van der Waals surface area (Å²) in [6.45, 7) is 10.5. The number of nitrogens with one attached hydrogen (secondary N) is 1. The number of piperidine rings is 1. The number of hydrogen-bond acceptors (Lipinski definition) is 6. The summed E-state index contributed by atoms with van der Waals surface area (Å²) in [5.74, 6) is 1.73. The van der Waals surface area contributed by atoms with Crippen LogP contribution in [0.15, 0.2) is 12.1 Å². The second-order valence-electron chi connectivity index (χ2n) is 10.8. The largest absolute Gasteiger partial charge is 0.493 e. The van der Waals surface area contributed by atoms with E-state index in [1.807, 2.05) is 13.8 Å². The topological polar surface area (TPSA) is 97.3 Å². The first-order valence-electron chi connectivity index (χ1n) is 12.8. The molecule has 1 saturated heterocycles. The zero-order valence-corrected chi connectivity index (χ0v) is 22.0. The van der Waals surface area contributed by atoms with Crippen molar-refractivity contribution < 1.29 is 28.9 Å². The standard InChI is InChI=1S/C27H42N2O6/c1-16(2)9-19-14-29-8-7-18-12-24(33-5)25(34-6)13-21(18)23(29)11-20(19)15-35-27(32)28-22(26(30)31)10-17(3)4/h12-13,16-17,19-20,22-23H,7-11,14-15H2,1-6H3,(H,28,32)(H,30,31)/t19?,20?,22-,23?/m0/s1. The lowest BCUT2D eigenvalue weighted by atomic mass is 9.74. The Hall–Kier alpha value is -2.48. The monoisotopic (exact) mass is 490 g/mol. The van der Waals surface area contributed by atoms with Crippen LogP contribution < -0.4 is 14.8 Å². The molecule has 3 rings (SSSR count). The first-order valence-corrected chi connectivity index (χ1v) is 12.8. The molecule has 1 aromatic carbocycles. The number of ether oxygens (including phenoxy) is 3. The molecule has 2 heterocycles. The van der Waals surface area contributed by atoms with Gasteiger partial charge < -0.3 is 24.6 Å². The Morgan fingerprint density at radius 2 is 1.77 bits per heavy atom. The third-order valence-electron chi connectivity index (χ3n) is 7.28. The Morgan fingerprint density at radius 3 is 2.37 bits per heavy atom. The fourth-order valence-corrected chi connectivity index (χ4v) is 5.64. The number of carbonyl (C=O) groups is 2. The van der Waals surface area contributed by atoms with Gasteiger partial charge in [-0.3, -0.25) is 4.90 Å². The van der Waals surface area contributed by atoms with Gasteiger partial charge in [-0.25, -0.2) is 9.59 Å². The summed E-state index contributed by atoms with van der Waals surface area (Å²) in [5.41, 5.74) is 2.54. The van der Waals surface area contributed by atoms with E-state index in [4.69, 9.17) is 14.2 Å². The van der Waals surface area contributed by atoms with Gasteiger partial charge in [-0.2, -0.15) is 0 Å². The molecule has 2 aliphatic rings. The molecule has 2 N–H and O–H groups in total. The van der Waals surface area contributed by atoms with Crippen molar-refractivity contribution in [1.29, 1.82) is 0 Å². The average molecular weight is 491 g/mol. The highest BCUT2D eigenvalue weighted by molar-refractivity contribution is 5.79. The van der Waals surface area contributed by atoms with E-state index in [2.05, 4.69) is 36.2 Å². The number of alkyl carbamates (subject to hydrolysis) is 1. The number of rotatable bonds is 10. The Bertz CT molecular complexity index is 887. The molecule has 35 heavy (non-hydrogen) atoms. The van der Waals surface area contributed by atoms with Gasteiger partial charge in [0.05, 0.1) is 20.8 Å². The third kappa shape index (κ3) is 6.81. The lowest BCUT2D eigenvalue weighted by Crippen LogP contribution is -2.48. The molecule has 0 saturated carbocycles. The van der Waals surface area contributed by atoms with Crippen molar-refractivity contribution in [2.75, 3.05) is 33.9 Å². The second-order valence-corrected chi connectivity index (χ2v) is 10.8. The number of hydrogen-bond donors (Lipinski definition) is 2. The van der Waals surface area contributed by atoms with E-state index in [9.17, 15) is 14.7 Å². The fourth-order valence-electron chi connectivity index (χ4n) is 5.64. The zero-order valence-electron chi connectivity index (χ0n) is 22.0. The highest BCUT2D eigenvalue weighted by Gasteiger charge is 2.40. The van der Waals surface area contributed by atoms with Crippen molar-refractivity contribution in [1.82, 2.24) is 10.2 Å². The van der Waals surface area contributed by atoms with Crippen LogP contribution in [-0.4, -0.2) is 62.0 Å². The van der Waals surface area contributed by atoms with Crippen LogP contribution in [0, 0.1) is 23.7 Å². The van der Waals surface area contributed by atoms with Crippen molar-refractivity contribution >= 4 is 12.1 Å². The maximum Gasteiger partial charge on any atom is 0.407 e. The number of fused-ring (bicyclic) bond motifs is 3. The van der Waals surface area contributed by atoms with Crippen molar-refractivity contribution in [3.63, 3.8) is 0 Å². The molecule has 3 unspecified atom stereocenters. The number of amides is 1. The molecule has 196 valence electrons. The van der Waals surface area contributed by atoms with E-state index in [1.54, 1.807) is 14.2 Å². The van der Waals surface area contributed by atoms with E-state index >= 15 is 0 Å². The highest BCUT2D eigenvalue weighted by atomic mass is 16.5. The van der Waals surface area contributed by atoms with Gasteiger partial charge in [-0.15, -0.1) is 0 Å². The molecule has 0 spiro atoms. The van der Waals surface area contributed by atoms with Crippen LogP contribution in [0.25, 0.3) is 0 Å². The fraction of sp³-hybridized carbons (Fsp3) is 0.704. The van der Waals surface area contributed by atoms with Crippen molar-refractivity contribution in [3.8, 4) is 11.5 Å². The lowest BCUT2D eigenvalue weighted by Gasteiger charge is -2.47. The molecule has 8 nitrogen and oxygen atoms in total. The number of nitrogens with zero attached hydrogens (tertiary/aromatic N) is 1. The van der Waals surface area contributed by atoms with E-state index in [-0.39, 0.29) is 24.5 Å². The number of aliphatic carboxylic acids is 1. The number of carboxylic acids is 1. The lowest BCUT2D eigenvalue weighted by molar-refractivity contribution is -0.139. The predicted octanol–water partition coefficient (Wildman–Crippen LogP) is 4.51. The minimum absolute atomic E-state index is 0.151. The summed E-state index contributed by atoms with van der Waals surface area (Å²) >= 11 is 0. The van der Waals surface area contributed by atoms with E-state index in [1.165, 1.54) is 11.1 Å². The summed E-state index contributed by atoms with van der Waals surface area (Å²) in [6.07, 6.45) is 2.61. The first kappa shape index (κ1) is 27.1. The minimum atomic E-state index is -1.04. The number of benzene rings is 1. The molecule has 2 aliphatic heterocycles. The van der Waals surface area contributed by atoms with Crippen LogP contribution in [0.2, 0.25) is 0 Å². The van der Waals surface area contributed by atoms with Crippen LogP contribution in [0.4, 0.5) is 4.79 Å². The number of methoxy groups -OCH3 is 2. The SMILES string of the molecule is COc1cc2c(cc1OC)C1CC(COC(=O)N[C@@H](CC(C)C)C(=O)O)C(CC(C)C)CN1CC2. The van der Waals surface area contributed by atoms with Gasteiger partial charge in [-0.05, 0) is 72.6 Å². The van der Waals surface area contributed by atoms with Crippen molar-refractivity contribution in [3.05, 3.63) is 23.3 Å². The maximum atomic E-state index is 12.5. The molecule has 4 atom stereocenters. The second kappa shape index (κ2) is 12.0. The summed E-state index contributed by atoms with van der Waals surface area (Å²) < 4.78 is 16.7. The number of carbonyl (C=O) groups excluding carboxylic acids is 1. The zero-order chi connectivity index (χ0) is 25.7. The highest BCUT2D eigenvalue weighted by Crippen LogP contribution is 2.45. The molecular weight excluding hydrogens is 448 g/mol. The Balaban J connectivity index is 1.75. The van der Waals surface area contributed by atoms with Gasteiger partial charge >= 0.3 is 12.1 Å². The van der Waals surface area contributed by atoms with Gasteiger partial charge in [0.25, 0.3) is 0 Å². The maximum absolute atomic E-state index is 12.5. The van der Waals surface area contributed by atoms with Crippen LogP contribution in [0.5, 0.6) is 11.5 Å². The molecule has 1 fully saturated rings. The van der Waals surface area contributed by atoms with Gasteiger partial charge in [0, 0.05) is 19.1 Å². The van der Waals surface area contributed by atoms with Crippen LogP contribution in [0.3, 0.4) is 0 Å². The Labute approximate surface area is 209 Å². The summed E-state index contributed by atoms with van der Waals surface area (Å²) in [5, 5.41) is 12.0. The predicted molar refractivity (Wildman–Crippen MR) is 134 cm³/mol. The smallest absolute Gasteiger partial charge is 0.407 e. The number of carboxylic acid groups (broad SMARTS) is 1. The minimum Gasteiger partial charge on any atom is -0.493 e. The van der Waals surface area contributed by atoms with Gasteiger partial charge in [-0.1, -0.05) is 27.7 Å². The van der Waals surface area contributed by atoms with Crippen molar-refractivity contribution in [2.24, 2.45) is 23.7 Å². The molecule has 0 bridgehead atoms. The molecule has 0 radical (unpaired) electrons. The normalized spacial score (nSPS) is 22.8. The van der Waals surface area contributed by atoms with Gasteiger partial charge in [0.1, 0.15) is 6.04 Å². The molecule has 0 aromatic heterocycles. The third-order valence-corrected chi connectivity index (χ3v) is 7.28. The Kier molecular flexibility index (Phi) is 9.27. The summed E-state index contributed by atoms with van der Waals surface area (Å²) in [4.78, 5) is 26.6. The summed E-state index contributed by atoms with van der Waals surface area (Å²) in [6, 6.07) is 3.47. The van der Waals surface area contributed by atoms with E-state index in [0.717, 1.165) is 43.9 Å². The summed E-state index contributed by atoms with van der Waals surface area (Å²) in [7, 11) is 3.31. The molecule has 1 aromatic rings. The quantitative estimate of drug-likeness (QED) is 0.498. The molecule has 1 amide bonds. The molecule has 8 heteroatoms. The van der Waals surface area contributed by atoms with Gasteiger partial charge in [0.2, 0.25) is 0 Å². The van der Waals surface area contributed by atoms with Gasteiger partial charge in [0.15, 0.2) is 11.5 Å². The van der Waals surface area contributed by atoms with Crippen molar-refractivity contribution in [2.45, 2.75) is 65.5 Å². The molecule has 0 aliphatic carbocycles. The van der Waals surface area contributed by atoms with E-state index < -0.39 is 18.1 Å². The van der Waals surface area contributed by atoms with E-state index in [0.29, 0.717) is 18.3 Å². The van der Waals surface area contributed by atoms with Crippen LogP contribution in [0.1, 0.15) is 64.1 Å². The average Bonchev–Trinajstić information content (AvgIpc) is 2.80. The van der Waals surface area contributed by atoms with Crippen LogP contribution >= 0.6 is 0 Å². The Morgan fingerprint density at radius 1 is 1.09 bits per heavy atom. The first-order chi connectivity index (χ1) is 16.6. The molecular formula is C27H42N2O6. The van der Waals surface area contributed by atoms with Crippen LogP contribution in [-0.2, 0) is 16.0 Å².